The molecule has 2 rings (SSSR count). The lowest BCUT2D eigenvalue weighted by atomic mass is 10.0. The van der Waals surface area contributed by atoms with Gasteiger partial charge in [0.2, 0.25) is 0 Å². The summed E-state index contributed by atoms with van der Waals surface area (Å²) in [6.07, 6.45) is 2.88. The standard InChI is InChI=1S/C13H17N3/c1-10-5-3-4-6-11(10)12-9-15-16-13(12)7-8-14-2/h3-6,9,14H,7-8H2,1-2H3,(H,15,16). The third kappa shape index (κ3) is 2.14. The zero-order valence-corrected chi connectivity index (χ0v) is 9.75. The van der Waals surface area contributed by atoms with Crippen LogP contribution < -0.4 is 5.32 Å². The number of aryl methyl sites for hydroxylation is 1. The van der Waals surface area contributed by atoms with Crippen molar-refractivity contribution in [2.45, 2.75) is 13.3 Å². The van der Waals surface area contributed by atoms with Gasteiger partial charge in [0.1, 0.15) is 0 Å². The van der Waals surface area contributed by atoms with Gasteiger partial charge in [-0.15, -0.1) is 0 Å². The summed E-state index contributed by atoms with van der Waals surface area (Å²) in [6, 6.07) is 8.40. The van der Waals surface area contributed by atoms with Crippen molar-refractivity contribution in [2.24, 2.45) is 0 Å². The number of H-pyrrole nitrogens is 1. The minimum absolute atomic E-state index is 0.959. The molecule has 16 heavy (non-hydrogen) atoms. The maximum Gasteiger partial charge on any atom is 0.0568 e. The summed E-state index contributed by atoms with van der Waals surface area (Å²) >= 11 is 0. The Morgan fingerprint density at radius 1 is 1.25 bits per heavy atom. The molecule has 0 aliphatic carbocycles. The number of nitrogens with one attached hydrogen (secondary N) is 2. The Labute approximate surface area is 95.9 Å². The predicted molar refractivity (Wildman–Crippen MR) is 66.4 cm³/mol. The highest BCUT2D eigenvalue weighted by Gasteiger charge is 2.08. The van der Waals surface area contributed by atoms with Crippen LogP contribution in [0.15, 0.2) is 30.5 Å². The molecule has 0 spiro atoms. The molecule has 0 amide bonds. The molecule has 0 saturated heterocycles. The maximum absolute atomic E-state index is 4.14. The van der Waals surface area contributed by atoms with Gasteiger partial charge in [0, 0.05) is 24.2 Å². The molecule has 0 radical (unpaired) electrons. The fourth-order valence-corrected chi connectivity index (χ4v) is 1.86. The summed E-state index contributed by atoms with van der Waals surface area (Å²) in [6.45, 7) is 3.09. The van der Waals surface area contributed by atoms with E-state index in [0.717, 1.165) is 13.0 Å². The van der Waals surface area contributed by atoms with Gasteiger partial charge in [-0.05, 0) is 25.1 Å². The lowest BCUT2D eigenvalue weighted by Gasteiger charge is -2.06. The van der Waals surface area contributed by atoms with Crippen LogP contribution in [0.25, 0.3) is 11.1 Å². The molecule has 84 valence electrons. The zero-order valence-electron chi connectivity index (χ0n) is 9.75. The van der Waals surface area contributed by atoms with Gasteiger partial charge in [0.25, 0.3) is 0 Å². The van der Waals surface area contributed by atoms with Crippen molar-refractivity contribution in [3.8, 4) is 11.1 Å². The monoisotopic (exact) mass is 215 g/mol. The normalized spacial score (nSPS) is 10.6. The molecule has 0 unspecified atom stereocenters. The lowest BCUT2D eigenvalue weighted by molar-refractivity contribution is 0.773. The molecule has 1 aromatic carbocycles. The van der Waals surface area contributed by atoms with Crippen LogP contribution in [-0.2, 0) is 6.42 Å². The molecule has 0 fully saturated rings. The largest absolute Gasteiger partial charge is 0.319 e. The van der Waals surface area contributed by atoms with E-state index in [0.29, 0.717) is 0 Å². The van der Waals surface area contributed by atoms with E-state index in [-0.39, 0.29) is 0 Å². The highest BCUT2D eigenvalue weighted by atomic mass is 15.1. The number of likely N-dealkylation sites (N-methyl/N-ethyl adjacent to an activating group) is 1. The summed E-state index contributed by atoms with van der Waals surface area (Å²) in [5.74, 6) is 0. The van der Waals surface area contributed by atoms with Gasteiger partial charge in [0.15, 0.2) is 0 Å². The number of aromatic amines is 1. The van der Waals surface area contributed by atoms with Crippen molar-refractivity contribution < 1.29 is 0 Å². The molecular formula is C13H17N3. The van der Waals surface area contributed by atoms with Gasteiger partial charge in [-0.3, -0.25) is 5.10 Å². The molecule has 1 aromatic heterocycles. The molecule has 2 N–H and O–H groups in total. The van der Waals surface area contributed by atoms with Gasteiger partial charge < -0.3 is 5.32 Å². The van der Waals surface area contributed by atoms with Gasteiger partial charge >= 0.3 is 0 Å². The number of nitrogens with zero attached hydrogens (tertiary/aromatic N) is 1. The van der Waals surface area contributed by atoms with Crippen LogP contribution in [0.3, 0.4) is 0 Å². The molecule has 0 aliphatic heterocycles. The van der Waals surface area contributed by atoms with Crippen LogP contribution in [0.1, 0.15) is 11.3 Å². The van der Waals surface area contributed by atoms with E-state index in [1.165, 1.54) is 22.4 Å². The molecule has 0 saturated carbocycles. The first kappa shape index (κ1) is 10.9. The topological polar surface area (TPSA) is 40.7 Å². The number of aromatic nitrogens is 2. The molecule has 2 aromatic rings. The van der Waals surface area contributed by atoms with Gasteiger partial charge in [0.05, 0.1) is 6.20 Å². The van der Waals surface area contributed by atoms with Crippen molar-refractivity contribution in [3.63, 3.8) is 0 Å². The number of rotatable bonds is 4. The fourth-order valence-electron chi connectivity index (χ4n) is 1.86. The number of benzene rings is 1. The van der Waals surface area contributed by atoms with Crippen LogP contribution >= 0.6 is 0 Å². The number of hydrogen-bond donors (Lipinski definition) is 2. The molecular weight excluding hydrogens is 198 g/mol. The third-order valence-electron chi connectivity index (χ3n) is 2.78. The van der Waals surface area contributed by atoms with E-state index < -0.39 is 0 Å². The lowest BCUT2D eigenvalue weighted by Crippen LogP contribution is -2.11. The minimum atomic E-state index is 0.959. The first-order chi connectivity index (χ1) is 7.83. The Balaban J connectivity index is 2.33. The second-order valence-corrected chi connectivity index (χ2v) is 3.93. The second kappa shape index (κ2) is 4.94. The average Bonchev–Trinajstić information content (AvgIpc) is 2.75. The Kier molecular flexibility index (Phi) is 3.37. The first-order valence-corrected chi connectivity index (χ1v) is 5.55. The van der Waals surface area contributed by atoms with Crippen molar-refractivity contribution in [2.75, 3.05) is 13.6 Å². The Bertz CT molecular complexity index is 460. The smallest absolute Gasteiger partial charge is 0.0568 e. The molecule has 1 heterocycles. The molecule has 0 bridgehead atoms. The Hall–Kier alpha value is -1.61. The van der Waals surface area contributed by atoms with Crippen LogP contribution in [0.2, 0.25) is 0 Å². The third-order valence-corrected chi connectivity index (χ3v) is 2.78. The van der Waals surface area contributed by atoms with E-state index >= 15 is 0 Å². The average molecular weight is 215 g/mol. The van der Waals surface area contributed by atoms with Gasteiger partial charge in [-0.1, -0.05) is 24.3 Å². The molecule has 0 atom stereocenters. The second-order valence-electron chi connectivity index (χ2n) is 3.93. The summed E-state index contributed by atoms with van der Waals surface area (Å²) in [7, 11) is 1.96. The summed E-state index contributed by atoms with van der Waals surface area (Å²) in [5.41, 5.74) is 4.97. The highest BCUT2D eigenvalue weighted by Crippen LogP contribution is 2.25. The Morgan fingerprint density at radius 3 is 2.81 bits per heavy atom. The van der Waals surface area contributed by atoms with Crippen molar-refractivity contribution in [1.29, 1.82) is 0 Å². The van der Waals surface area contributed by atoms with Crippen LogP contribution in [-0.4, -0.2) is 23.8 Å². The summed E-state index contributed by atoms with van der Waals surface area (Å²) in [4.78, 5) is 0. The Morgan fingerprint density at radius 2 is 2.06 bits per heavy atom. The quantitative estimate of drug-likeness (QED) is 0.820. The molecule has 3 nitrogen and oxygen atoms in total. The van der Waals surface area contributed by atoms with Crippen LogP contribution in [0, 0.1) is 6.92 Å². The minimum Gasteiger partial charge on any atom is -0.319 e. The van der Waals surface area contributed by atoms with Crippen molar-refractivity contribution >= 4 is 0 Å². The van der Waals surface area contributed by atoms with Crippen molar-refractivity contribution in [3.05, 3.63) is 41.7 Å². The molecule has 0 aliphatic rings. The summed E-state index contributed by atoms with van der Waals surface area (Å²) in [5, 5.41) is 10.4. The van der Waals surface area contributed by atoms with Crippen LogP contribution in [0.4, 0.5) is 0 Å². The molecule has 3 heteroatoms. The fraction of sp³-hybridized carbons (Fsp3) is 0.308. The zero-order chi connectivity index (χ0) is 11.4. The van der Waals surface area contributed by atoms with E-state index in [1.54, 1.807) is 0 Å². The van der Waals surface area contributed by atoms with Crippen molar-refractivity contribution in [1.82, 2.24) is 15.5 Å². The summed E-state index contributed by atoms with van der Waals surface area (Å²) < 4.78 is 0. The van der Waals surface area contributed by atoms with E-state index in [4.69, 9.17) is 0 Å². The maximum atomic E-state index is 4.14. The van der Waals surface area contributed by atoms with E-state index in [1.807, 2.05) is 13.2 Å². The van der Waals surface area contributed by atoms with E-state index in [9.17, 15) is 0 Å². The predicted octanol–water partition coefficient (Wildman–Crippen LogP) is 2.15. The van der Waals surface area contributed by atoms with Gasteiger partial charge in [-0.2, -0.15) is 5.10 Å². The first-order valence-electron chi connectivity index (χ1n) is 5.55. The van der Waals surface area contributed by atoms with Gasteiger partial charge in [-0.25, -0.2) is 0 Å². The SMILES string of the molecule is CNCCc1[nH]ncc1-c1ccccc1C. The number of hydrogen-bond acceptors (Lipinski definition) is 2. The highest BCUT2D eigenvalue weighted by molar-refractivity contribution is 5.68. The van der Waals surface area contributed by atoms with Crippen LogP contribution in [0.5, 0.6) is 0 Å². The van der Waals surface area contributed by atoms with E-state index in [2.05, 4.69) is 46.7 Å².